The third-order valence-electron chi connectivity index (χ3n) is 5.31. The van der Waals surface area contributed by atoms with Crippen LogP contribution >= 0.6 is 11.3 Å². The van der Waals surface area contributed by atoms with Crippen molar-refractivity contribution in [2.45, 2.75) is 18.5 Å². The number of fused-ring (bicyclic) bond motifs is 3. The molecule has 144 valence electrons. The second-order valence-corrected chi connectivity index (χ2v) is 7.75. The van der Waals surface area contributed by atoms with E-state index in [1.807, 2.05) is 29.2 Å². The maximum absolute atomic E-state index is 12.7. The fourth-order valence-electron chi connectivity index (χ4n) is 4.01. The van der Waals surface area contributed by atoms with Crippen molar-refractivity contribution in [1.29, 1.82) is 0 Å². The summed E-state index contributed by atoms with van der Waals surface area (Å²) in [7, 11) is 1.62. The maximum atomic E-state index is 12.7. The van der Waals surface area contributed by atoms with E-state index in [9.17, 15) is 4.79 Å². The van der Waals surface area contributed by atoms with Gasteiger partial charge in [-0.05, 0) is 30.7 Å². The van der Waals surface area contributed by atoms with Crippen LogP contribution in [0.5, 0.6) is 5.75 Å². The van der Waals surface area contributed by atoms with Gasteiger partial charge in [-0.15, -0.1) is 11.3 Å². The molecule has 2 fully saturated rings. The van der Waals surface area contributed by atoms with Crippen LogP contribution in [-0.4, -0.2) is 58.2 Å². The summed E-state index contributed by atoms with van der Waals surface area (Å²) in [5.74, 6) is 1.78. The summed E-state index contributed by atoms with van der Waals surface area (Å²) in [5, 5.41) is 2.97. The average Bonchev–Trinajstić information content (AvgIpc) is 3.43. The molecule has 2 saturated heterocycles. The lowest BCUT2D eigenvalue weighted by molar-refractivity contribution is 0.202. The van der Waals surface area contributed by atoms with Gasteiger partial charge in [-0.1, -0.05) is 0 Å². The maximum Gasteiger partial charge on any atom is 0.322 e. The summed E-state index contributed by atoms with van der Waals surface area (Å²) in [6, 6.07) is 7.57. The number of hydrogen-bond donors (Lipinski definition) is 2. The molecule has 2 aliphatic heterocycles. The van der Waals surface area contributed by atoms with E-state index >= 15 is 0 Å². The number of carbonyl (C=O) groups excluding carboxylic acids is 1. The minimum atomic E-state index is -0.0849. The molecule has 3 N–H and O–H groups in total. The lowest BCUT2D eigenvalue weighted by atomic mass is 10.2. The zero-order valence-corrected chi connectivity index (χ0v) is 16.0. The molecule has 2 atom stereocenters. The number of hydrogen-bond acceptors (Lipinski definition) is 8. The average molecular weight is 397 g/mol. The van der Waals surface area contributed by atoms with Crippen LogP contribution in [0.3, 0.4) is 0 Å². The van der Waals surface area contributed by atoms with Crippen molar-refractivity contribution in [2.24, 2.45) is 0 Å². The molecule has 2 aromatic heterocycles. The molecule has 0 aliphatic carbocycles. The molecule has 2 aliphatic rings. The lowest BCUT2D eigenvalue weighted by Gasteiger charge is -2.34. The van der Waals surface area contributed by atoms with Crippen LogP contribution < -0.4 is 20.7 Å². The van der Waals surface area contributed by atoms with Crippen molar-refractivity contribution in [3.05, 3.63) is 29.8 Å². The molecule has 9 nitrogen and oxygen atoms in total. The number of nitrogens with one attached hydrogen (secondary N) is 1. The monoisotopic (exact) mass is 397 g/mol. The van der Waals surface area contributed by atoms with E-state index in [4.69, 9.17) is 10.5 Å². The Morgan fingerprint density at radius 3 is 2.79 bits per heavy atom. The molecule has 1 aromatic carbocycles. The number of benzene rings is 1. The normalized spacial score (nSPS) is 20.8. The summed E-state index contributed by atoms with van der Waals surface area (Å²) in [4.78, 5) is 30.7. The van der Waals surface area contributed by atoms with E-state index in [0.717, 1.165) is 34.0 Å². The quantitative estimate of drug-likeness (QED) is 0.697. The second kappa shape index (κ2) is 6.48. The summed E-state index contributed by atoms with van der Waals surface area (Å²) in [6.07, 6.45) is 0.908. The van der Waals surface area contributed by atoms with Crippen LogP contribution in [-0.2, 0) is 0 Å². The highest BCUT2D eigenvalue weighted by Gasteiger charge is 2.46. The number of carbonyl (C=O) groups is 1. The molecule has 10 heteroatoms. The third-order valence-corrected chi connectivity index (χ3v) is 6.03. The molecule has 5 rings (SSSR count). The number of likely N-dealkylation sites (tertiary alicyclic amines) is 1. The molecule has 4 heterocycles. The number of ether oxygens (including phenoxy) is 1. The number of amides is 2. The molecular weight excluding hydrogens is 378 g/mol. The highest BCUT2D eigenvalue weighted by molar-refractivity contribution is 7.16. The highest BCUT2D eigenvalue weighted by Crippen LogP contribution is 2.37. The molecule has 2 amide bonds. The molecule has 28 heavy (non-hydrogen) atoms. The van der Waals surface area contributed by atoms with Crippen LogP contribution in [0.2, 0.25) is 0 Å². The summed E-state index contributed by atoms with van der Waals surface area (Å²) in [6.45, 7) is 1.35. The van der Waals surface area contributed by atoms with Gasteiger partial charge in [0.15, 0.2) is 10.6 Å². The number of thiazole rings is 1. The fraction of sp³-hybridized carbons (Fsp3) is 0.333. The van der Waals surface area contributed by atoms with Crippen LogP contribution in [0.25, 0.3) is 10.3 Å². The van der Waals surface area contributed by atoms with Crippen molar-refractivity contribution in [3.63, 3.8) is 0 Å². The van der Waals surface area contributed by atoms with Gasteiger partial charge in [0.2, 0.25) is 5.95 Å². The predicted octanol–water partition coefficient (Wildman–Crippen LogP) is 2.17. The number of aromatic nitrogens is 3. The summed E-state index contributed by atoms with van der Waals surface area (Å²) < 4.78 is 5.15. The number of nitrogens with zero attached hydrogens (tertiary/aromatic N) is 5. The number of nitrogen functional groups attached to an aromatic ring is 1. The van der Waals surface area contributed by atoms with Crippen molar-refractivity contribution in [3.8, 4) is 5.75 Å². The minimum absolute atomic E-state index is 0.0849. The van der Waals surface area contributed by atoms with E-state index in [-0.39, 0.29) is 24.1 Å². The van der Waals surface area contributed by atoms with E-state index in [1.165, 1.54) is 11.3 Å². The molecule has 0 spiro atoms. The first-order valence-electron chi connectivity index (χ1n) is 8.97. The van der Waals surface area contributed by atoms with Gasteiger partial charge in [0, 0.05) is 18.8 Å². The molecule has 3 aromatic rings. The van der Waals surface area contributed by atoms with Gasteiger partial charge in [0.05, 0.1) is 24.7 Å². The van der Waals surface area contributed by atoms with E-state index < -0.39 is 0 Å². The van der Waals surface area contributed by atoms with Gasteiger partial charge in [-0.25, -0.2) is 14.8 Å². The van der Waals surface area contributed by atoms with Crippen molar-refractivity contribution < 1.29 is 9.53 Å². The van der Waals surface area contributed by atoms with Crippen LogP contribution in [0.4, 0.5) is 22.2 Å². The fourth-order valence-corrected chi connectivity index (χ4v) is 4.67. The van der Waals surface area contributed by atoms with Crippen molar-refractivity contribution in [1.82, 2.24) is 19.9 Å². The third kappa shape index (κ3) is 2.76. The van der Waals surface area contributed by atoms with E-state index in [2.05, 4.69) is 25.2 Å². The highest BCUT2D eigenvalue weighted by atomic mass is 32.1. The van der Waals surface area contributed by atoms with Gasteiger partial charge in [-0.2, -0.15) is 4.98 Å². The Kier molecular flexibility index (Phi) is 3.93. The van der Waals surface area contributed by atoms with Gasteiger partial charge in [0.1, 0.15) is 11.3 Å². The molecule has 0 radical (unpaired) electrons. The topological polar surface area (TPSA) is 110 Å². The van der Waals surface area contributed by atoms with Crippen molar-refractivity contribution in [2.75, 3.05) is 36.1 Å². The largest absolute Gasteiger partial charge is 0.497 e. The molecule has 2 bridgehead atoms. The Hall–Kier alpha value is -3.14. The summed E-state index contributed by atoms with van der Waals surface area (Å²) >= 11 is 1.45. The first-order valence-corrected chi connectivity index (χ1v) is 9.85. The molecule has 0 saturated carbocycles. The van der Waals surface area contributed by atoms with Crippen LogP contribution in [0, 0.1) is 0 Å². The Bertz CT molecular complexity index is 1040. The molecule has 2 unspecified atom stereocenters. The number of nitrogens with two attached hydrogens (primary N) is 1. The Balaban J connectivity index is 1.31. The SMILES string of the molecule is COc1ccc(NC(=O)N2CC3CC2CN3c2nc(N)nc3scnc23)cc1. The van der Waals surface area contributed by atoms with Gasteiger partial charge >= 0.3 is 6.03 Å². The summed E-state index contributed by atoms with van der Waals surface area (Å²) in [5.41, 5.74) is 9.16. The van der Waals surface area contributed by atoms with E-state index in [0.29, 0.717) is 13.1 Å². The van der Waals surface area contributed by atoms with Crippen LogP contribution in [0.15, 0.2) is 29.8 Å². The van der Waals surface area contributed by atoms with Crippen LogP contribution in [0.1, 0.15) is 6.42 Å². The minimum Gasteiger partial charge on any atom is -0.497 e. The standard InChI is InChI=1S/C18H19N7O2S/c1-27-13-4-2-10(3-5-13)21-18(26)25-8-11-6-12(25)7-24(11)15-14-16(28-9-20-14)23-17(19)22-15/h2-5,9,11-12H,6-8H2,1H3,(H,21,26)(H2,19,22,23). The number of methoxy groups -OCH3 is 1. The Morgan fingerprint density at radius 2 is 2.07 bits per heavy atom. The molecular formula is C18H19N7O2S. The smallest absolute Gasteiger partial charge is 0.322 e. The van der Waals surface area contributed by atoms with Crippen molar-refractivity contribution >= 4 is 45.2 Å². The zero-order valence-electron chi connectivity index (χ0n) is 15.2. The Labute approximate surface area is 165 Å². The van der Waals surface area contributed by atoms with E-state index in [1.54, 1.807) is 12.6 Å². The second-order valence-electron chi connectivity index (χ2n) is 6.92. The number of urea groups is 1. The number of piperazine rings is 1. The predicted molar refractivity (Wildman–Crippen MR) is 108 cm³/mol. The zero-order chi connectivity index (χ0) is 19.3. The van der Waals surface area contributed by atoms with Gasteiger partial charge in [0.25, 0.3) is 0 Å². The van der Waals surface area contributed by atoms with Gasteiger partial charge < -0.3 is 25.6 Å². The first kappa shape index (κ1) is 17.0. The first-order chi connectivity index (χ1) is 13.6. The van der Waals surface area contributed by atoms with Gasteiger partial charge in [-0.3, -0.25) is 0 Å². The lowest BCUT2D eigenvalue weighted by Crippen LogP contribution is -2.50. The Morgan fingerprint density at radius 1 is 1.25 bits per heavy atom. The number of rotatable bonds is 3. The number of anilines is 3.